The van der Waals surface area contributed by atoms with Gasteiger partial charge in [0.05, 0.1) is 30.4 Å². The summed E-state index contributed by atoms with van der Waals surface area (Å²) in [5.74, 6) is 1.12. The van der Waals surface area contributed by atoms with Gasteiger partial charge in [-0.05, 0) is 36.2 Å². The van der Waals surface area contributed by atoms with E-state index in [1.54, 1.807) is 24.6 Å². The predicted octanol–water partition coefficient (Wildman–Crippen LogP) is 3.27. The van der Waals surface area contributed by atoms with Crippen molar-refractivity contribution in [2.75, 3.05) is 15.8 Å². The second-order valence-electron chi connectivity index (χ2n) is 5.52. The highest BCUT2D eigenvalue weighted by molar-refractivity contribution is 7.92. The SMILES string of the molecule is O=S(=O)(CCc1ccccc1)Nc1ccc(NCc2ccco2)cn1. The Kier molecular flexibility index (Phi) is 5.35. The summed E-state index contributed by atoms with van der Waals surface area (Å²) in [5.41, 5.74) is 1.77. The number of sulfonamides is 1. The summed E-state index contributed by atoms with van der Waals surface area (Å²) in [7, 11) is -3.44. The molecule has 0 aliphatic carbocycles. The second-order valence-corrected chi connectivity index (χ2v) is 7.36. The molecule has 3 aromatic rings. The maximum Gasteiger partial charge on any atom is 0.234 e. The van der Waals surface area contributed by atoms with Crippen molar-refractivity contribution >= 4 is 21.5 Å². The van der Waals surface area contributed by atoms with Crippen molar-refractivity contribution in [3.05, 3.63) is 78.4 Å². The van der Waals surface area contributed by atoms with E-state index in [1.165, 1.54) is 0 Å². The van der Waals surface area contributed by atoms with Gasteiger partial charge in [0, 0.05) is 0 Å². The van der Waals surface area contributed by atoms with Crippen molar-refractivity contribution in [2.24, 2.45) is 0 Å². The predicted molar refractivity (Wildman–Crippen MR) is 97.8 cm³/mol. The lowest BCUT2D eigenvalue weighted by atomic mass is 10.2. The maximum absolute atomic E-state index is 12.2. The number of pyridine rings is 1. The Morgan fingerprint density at radius 2 is 1.84 bits per heavy atom. The van der Waals surface area contributed by atoms with E-state index >= 15 is 0 Å². The smallest absolute Gasteiger partial charge is 0.234 e. The lowest BCUT2D eigenvalue weighted by molar-refractivity contribution is 0.518. The number of benzene rings is 1. The largest absolute Gasteiger partial charge is 0.467 e. The number of rotatable bonds is 8. The fourth-order valence-corrected chi connectivity index (χ4v) is 3.31. The molecule has 0 fully saturated rings. The van der Waals surface area contributed by atoms with Crippen LogP contribution in [-0.4, -0.2) is 19.2 Å². The number of aryl methyl sites for hydroxylation is 1. The summed E-state index contributed by atoms with van der Waals surface area (Å²) in [5, 5.41) is 3.15. The van der Waals surface area contributed by atoms with Gasteiger partial charge in [0.15, 0.2) is 0 Å². The van der Waals surface area contributed by atoms with Crippen LogP contribution in [0.25, 0.3) is 0 Å². The zero-order valence-electron chi connectivity index (χ0n) is 13.6. The molecule has 0 bridgehead atoms. The summed E-state index contributed by atoms with van der Waals surface area (Å²) in [4.78, 5) is 4.14. The van der Waals surface area contributed by atoms with Gasteiger partial charge in [-0.2, -0.15) is 0 Å². The molecule has 0 aliphatic heterocycles. The fraction of sp³-hybridized carbons (Fsp3) is 0.167. The van der Waals surface area contributed by atoms with Gasteiger partial charge in [0.2, 0.25) is 10.0 Å². The number of hydrogen-bond donors (Lipinski definition) is 2. The molecule has 3 rings (SSSR count). The number of furan rings is 1. The van der Waals surface area contributed by atoms with Crippen molar-refractivity contribution < 1.29 is 12.8 Å². The minimum atomic E-state index is -3.44. The summed E-state index contributed by atoms with van der Waals surface area (Å²) in [6.45, 7) is 0.539. The first-order chi connectivity index (χ1) is 12.1. The molecule has 6 nitrogen and oxygen atoms in total. The number of hydrogen-bond acceptors (Lipinski definition) is 5. The fourth-order valence-electron chi connectivity index (χ4n) is 2.27. The molecule has 130 valence electrons. The topological polar surface area (TPSA) is 84.2 Å². The molecule has 1 aromatic carbocycles. The van der Waals surface area contributed by atoms with Crippen molar-refractivity contribution in [1.29, 1.82) is 0 Å². The third-order valence-electron chi connectivity index (χ3n) is 3.57. The van der Waals surface area contributed by atoms with Crippen LogP contribution in [0.4, 0.5) is 11.5 Å². The van der Waals surface area contributed by atoms with E-state index in [9.17, 15) is 8.42 Å². The number of aromatic nitrogens is 1. The molecule has 0 aliphatic rings. The highest BCUT2D eigenvalue weighted by Gasteiger charge is 2.11. The Labute approximate surface area is 147 Å². The average Bonchev–Trinajstić information content (AvgIpc) is 3.14. The Morgan fingerprint density at radius 1 is 1.00 bits per heavy atom. The normalized spacial score (nSPS) is 11.2. The quantitative estimate of drug-likeness (QED) is 0.646. The maximum atomic E-state index is 12.2. The molecule has 2 heterocycles. The van der Waals surface area contributed by atoms with Crippen LogP contribution in [0.5, 0.6) is 0 Å². The van der Waals surface area contributed by atoms with E-state index < -0.39 is 10.0 Å². The lowest BCUT2D eigenvalue weighted by Crippen LogP contribution is -2.18. The molecule has 25 heavy (non-hydrogen) atoms. The molecule has 0 atom stereocenters. The van der Waals surface area contributed by atoms with Crippen LogP contribution in [0, 0.1) is 0 Å². The summed E-state index contributed by atoms with van der Waals surface area (Å²) in [6, 6.07) is 16.6. The lowest BCUT2D eigenvalue weighted by Gasteiger charge is -2.09. The first-order valence-electron chi connectivity index (χ1n) is 7.87. The highest BCUT2D eigenvalue weighted by Crippen LogP contribution is 2.13. The van der Waals surface area contributed by atoms with E-state index in [0.29, 0.717) is 18.8 Å². The van der Waals surface area contributed by atoms with Crippen LogP contribution < -0.4 is 10.0 Å². The van der Waals surface area contributed by atoms with Gasteiger partial charge in [0.25, 0.3) is 0 Å². The van der Waals surface area contributed by atoms with Gasteiger partial charge in [0.1, 0.15) is 11.6 Å². The van der Waals surface area contributed by atoms with Crippen molar-refractivity contribution in [1.82, 2.24) is 4.98 Å². The van der Waals surface area contributed by atoms with Crippen LogP contribution in [0.15, 0.2) is 71.5 Å². The van der Waals surface area contributed by atoms with Crippen molar-refractivity contribution in [3.8, 4) is 0 Å². The minimum Gasteiger partial charge on any atom is -0.467 e. The van der Waals surface area contributed by atoms with Gasteiger partial charge in [-0.1, -0.05) is 30.3 Å². The monoisotopic (exact) mass is 357 g/mol. The summed E-state index contributed by atoms with van der Waals surface area (Å²) < 4.78 is 32.1. The second kappa shape index (κ2) is 7.85. The van der Waals surface area contributed by atoms with Gasteiger partial charge >= 0.3 is 0 Å². The van der Waals surface area contributed by atoms with E-state index in [1.807, 2.05) is 42.5 Å². The first kappa shape index (κ1) is 17.0. The van der Waals surface area contributed by atoms with Crippen molar-refractivity contribution in [3.63, 3.8) is 0 Å². The molecule has 7 heteroatoms. The average molecular weight is 357 g/mol. The third-order valence-corrected chi connectivity index (χ3v) is 4.83. The summed E-state index contributed by atoms with van der Waals surface area (Å²) >= 11 is 0. The standard InChI is InChI=1S/C18H19N3O3S/c22-25(23,12-10-15-5-2-1-3-6-15)21-18-9-8-16(13-20-18)19-14-17-7-4-11-24-17/h1-9,11,13,19H,10,12,14H2,(H,20,21). The zero-order valence-corrected chi connectivity index (χ0v) is 14.4. The van der Waals surface area contributed by atoms with E-state index in [2.05, 4.69) is 15.0 Å². The molecule has 0 saturated carbocycles. The molecule has 0 unspecified atom stereocenters. The molecular weight excluding hydrogens is 338 g/mol. The first-order valence-corrected chi connectivity index (χ1v) is 9.53. The third kappa shape index (κ3) is 5.36. The van der Waals surface area contributed by atoms with Crippen LogP contribution in [-0.2, 0) is 23.0 Å². The molecular formula is C18H19N3O3S. The zero-order chi connectivity index (χ0) is 17.5. The Hall–Kier alpha value is -2.80. The molecule has 0 spiro atoms. The van der Waals surface area contributed by atoms with Crippen LogP contribution >= 0.6 is 0 Å². The molecule has 2 N–H and O–H groups in total. The Balaban J connectivity index is 1.53. The van der Waals surface area contributed by atoms with Crippen LogP contribution in [0.2, 0.25) is 0 Å². The van der Waals surface area contributed by atoms with Crippen LogP contribution in [0.1, 0.15) is 11.3 Å². The molecule has 2 aromatic heterocycles. The molecule has 0 amide bonds. The number of nitrogens with zero attached hydrogens (tertiary/aromatic N) is 1. The van der Waals surface area contributed by atoms with Crippen LogP contribution in [0.3, 0.4) is 0 Å². The van der Waals surface area contributed by atoms with Gasteiger partial charge < -0.3 is 9.73 Å². The Bertz CT molecular complexity index is 877. The highest BCUT2D eigenvalue weighted by atomic mass is 32.2. The van der Waals surface area contributed by atoms with Crippen molar-refractivity contribution in [2.45, 2.75) is 13.0 Å². The van der Waals surface area contributed by atoms with Gasteiger partial charge in [-0.25, -0.2) is 13.4 Å². The van der Waals surface area contributed by atoms with E-state index in [4.69, 9.17) is 4.42 Å². The van der Waals surface area contributed by atoms with Gasteiger partial charge in [-0.3, -0.25) is 4.72 Å². The number of anilines is 2. The number of nitrogens with one attached hydrogen (secondary N) is 2. The minimum absolute atomic E-state index is 0.0111. The van der Waals surface area contributed by atoms with Gasteiger partial charge in [-0.15, -0.1) is 0 Å². The molecule has 0 radical (unpaired) electrons. The Morgan fingerprint density at radius 3 is 2.52 bits per heavy atom. The summed E-state index contributed by atoms with van der Waals surface area (Å²) in [6.07, 6.45) is 3.65. The molecule has 0 saturated heterocycles. The van der Waals surface area contributed by atoms with E-state index in [-0.39, 0.29) is 5.75 Å². The van der Waals surface area contributed by atoms with E-state index in [0.717, 1.165) is 17.0 Å².